The monoisotopic (exact) mass is 363 g/mol. The molecule has 0 aromatic heterocycles. The zero-order chi connectivity index (χ0) is 19.2. The summed E-state index contributed by atoms with van der Waals surface area (Å²) in [5.41, 5.74) is 1.75. The Morgan fingerprint density at radius 2 is 1.41 bits per heavy atom. The lowest BCUT2D eigenvalue weighted by Crippen LogP contribution is -2.42. The first kappa shape index (κ1) is 17.0. The molecule has 2 heterocycles. The van der Waals surface area contributed by atoms with E-state index in [2.05, 4.69) is 0 Å². The first-order valence-corrected chi connectivity index (χ1v) is 8.53. The summed E-state index contributed by atoms with van der Waals surface area (Å²) >= 11 is 0. The molecule has 1 saturated heterocycles. The van der Waals surface area contributed by atoms with Crippen LogP contribution in [0.2, 0.25) is 0 Å². The van der Waals surface area contributed by atoms with Crippen molar-refractivity contribution in [3.63, 3.8) is 0 Å². The fraction of sp³-hybridized carbons (Fsp3) is 0.190. The van der Waals surface area contributed by atoms with E-state index in [1.807, 2.05) is 30.3 Å². The molecule has 0 atom stereocenters. The summed E-state index contributed by atoms with van der Waals surface area (Å²) in [4.78, 5) is 39.7. The topological polar surface area (TPSA) is 72.9 Å². The van der Waals surface area contributed by atoms with E-state index in [0.717, 1.165) is 5.56 Å². The number of benzene rings is 2. The van der Waals surface area contributed by atoms with Crippen molar-refractivity contribution in [2.24, 2.45) is 0 Å². The van der Waals surface area contributed by atoms with Crippen LogP contribution in [-0.2, 0) is 30.4 Å². The average Bonchev–Trinajstić information content (AvgIpc) is 2.87. The number of carbonyl (C=O) groups is 3. The van der Waals surface area contributed by atoms with Crippen molar-refractivity contribution in [1.82, 2.24) is 0 Å². The molecule has 0 radical (unpaired) electrons. The van der Waals surface area contributed by atoms with Gasteiger partial charge in [0.15, 0.2) is 5.57 Å². The number of esters is 2. The minimum atomic E-state index is -1.36. The van der Waals surface area contributed by atoms with Gasteiger partial charge in [-0.2, -0.15) is 0 Å². The second kappa shape index (κ2) is 6.09. The van der Waals surface area contributed by atoms with E-state index in [1.165, 1.54) is 13.8 Å². The summed E-state index contributed by atoms with van der Waals surface area (Å²) in [5.74, 6) is -3.49. The highest BCUT2D eigenvalue weighted by Gasteiger charge is 2.45. The number of cyclic esters (lactones) is 2. The van der Waals surface area contributed by atoms with Crippen molar-refractivity contribution < 1.29 is 23.9 Å². The highest BCUT2D eigenvalue weighted by molar-refractivity contribution is 6.41. The van der Waals surface area contributed by atoms with Crippen LogP contribution in [0.15, 0.2) is 60.2 Å². The largest absolute Gasteiger partial charge is 0.419 e. The number of nitrogens with zero attached hydrogens (tertiary/aromatic N) is 1. The van der Waals surface area contributed by atoms with Crippen LogP contribution in [0.4, 0.5) is 5.69 Å². The lowest BCUT2D eigenvalue weighted by atomic mass is 10.0. The van der Waals surface area contributed by atoms with Gasteiger partial charge in [0.25, 0.3) is 11.7 Å². The van der Waals surface area contributed by atoms with E-state index in [0.29, 0.717) is 17.8 Å². The van der Waals surface area contributed by atoms with E-state index in [9.17, 15) is 14.4 Å². The number of hydrogen-bond donors (Lipinski definition) is 0. The average molecular weight is 363 g/mol. The smallest absolute Gasteiger partial charge is 0.349 e. The van der Waals surface area contributed by atoms with Gasteiger partial charge in [0, 0.05) is 19.4 Å². The zero-order valence-electron chi connectivity index (χ0n) is 14.9. The molecule has 1 fully saturated rings. The molecule has 27 heavy (non-hydrogen) atoms. The Kier molecular flexibility index (Phi) is 3.84. The first-order chi connectivity index (χ1) is 12.9. The van der Waals surface area contributed by atoms with Crippen LogP contribution >= 0.6 is 0 Å². The normalized spacial score (nSPS) is 18.3. The van der Waals surface area contributed by atoms with E-state index < -0.39 is 23.6 Å². The maximum Gasteiger partial charge on any atom is 0.349 e. The number of hydrogen-bond acceptors (Lipinski definition) is 5. The molecule has 4 rings (SSSR count). The summed E-state index contributed by atoms with van der Waals surface area (Å²) in [5, 5.41) is 0. The molecule has 0 spiro atoms. The van der Waals surface area contributed by atoms with Crippen LogP contribution in [0, 0.1) is 0 Å². The molecule has 0 N–H and O–H groups in total. The third-order valence-corrected chi connectivity index (χ3v) is 4.44. The molecule has 136 valence electrons. The standard InChI is InChI=1S/C21H17NO5/c1-21(2)26-19(24)17(20(25)27-21)16-14-10-6-7-11-15(14)22(18(16)23)12-13-8-4-3-5-9-13/h3-11H,12H2,1-2H3. The minimum Gasteiger partial charge on any atom is -0.419 e. The van der Waals surface area contributed by atoms with E-state index in [4.69, 9.17) is 9.47 Å². The number of anilines is 1. The predicted octanol–water partition coefficient (Wildman–Crippen LogP) is 2.82. The fourth-order valence-corrected chi connectivity index (χ4v) is 3.30. The molecule has 2 aliphatic heterocycles. The quantitative estimate of drug-likeness (QED) is 0.466. The Bertz CT molecular complexity index is 969. The maximum absolute atomic E-state index is 13.2. The Balaban J connectivity index is 1.82. The third-order valence-electron chi connectivity index (χ3n) is 4.44. The summed E-state index contributed by atoms with van der Waals surface area (Å²) in [6.07, 6.45) is 0. The van der Waals surface area contributed by atoms with Gasteiger partial charge >= 0.3 is 11.9 Å². The lowest BCUT2D eigenvalue weighted by Gasteiger charge is -2.30. The molecule has 0 saturated carbocycles. The zero-order valence-corrected chi connectivity index (χ0v) is 14.9. The van der Waals surface area contributed by atoms with Crippen LogP contribution in [0.5, 0.6) is 0 Å². The summed E-state index contributed by atoms with van der Waals surface area (Å²) in [7, 11) is 0. The van der Waals surface area contributed by atoms with Crippen molar-refractivity contribution in [3.8, 4) is 0 Å². The molecule has 2 aliphatic rings. The molecular weight excluding hydrogens is 346 g/mol. The Morgan fingerprint density at radius 3 is 2.07 bits per heavy atom. The lowest BCUT2D eigenvalue weighted by molar-refractivity contribution is -0.222. The predicted molar refractivity (Wildman–Crippen MR) is 97.3 cm³/mol. The number of fused-ring (bicyclic) bond motifs is 1. The highest BCUT2D eigenvalue weighted by Crippen LogP contribution is 2.41. The Hall–Kier alpha value is -3.41. The van der Waals surface area contributed by atoms with Gasteiger partial charge < -0.3 is 14.4 Å². The van der Waals surface area contributed by atoms with Gasteiger partial charge in [-0.3, -0.25) is 4.79 Å². The molecule has 6 heteroatoms. The van der Waals surface area contributed by atoms with Crippen LogP contribution < -0.4 is 4.90 Å². The fourth-order valence-electron chi connectivity index (χ4n) is 3.30. The van der Waals surface area contributed by atoms with Gasteiger partial charge in [-0.15, -0.1) is 0 Å². The van der Waals surface area contributed by atoms with Crippen LogP contribution in [-0.4, -0.2) is 23.6 Å². The van der Waals surface area contributed by atoms with E-state index in [-0.39, 0.29) is 11.1 Å². The van der Waals surface area contributed by atoms with Gasteiger partial charge in [0.2, 0.25) is 0 Å². The molecule has 2 aromatic rings. The number of ether oxygens (including phenoxy) is 2. The van der Waals surface area contributed by atoms with Gasteiger partial charge in [0.05, 0.1) is 17.8 Å². The molecule has 1 amide bonds. The van der Waals surface area contributed by atoms with Crippen molar-refractivity contribution in [1.29, 1.82) is 0 Å². The summed E-state index contributed by atoms with van der Waals surface area (Å²) in [6.45, 7) is 3.26. The van der Waals surface area contributed by atoms with Crippen molar-refractivity contribution in [2.75, 3.05) is 4.90 Å². The van der Waals surface area contributed by atoms with Crippen LogP contribution in [0.1, 0.15) is 25.0 Å². The first-order valence-electron chi connectivity index (χ1n) is 8.53. The second-order valence-electron chi connectivity index (χ2n) is 6.82. The van der Waals surface area contributed by atoms with Crippen molar-refractivity contribution >= 4 is 29.1 Å². The molecule has 0 unspecified atom stereocenters. The SMILES string of the molecule is CC1(C)OC(=O)C(=C2C(=O)N(Cc3ccccc3)c3ccccc32)C(=O)O1. The molecular formula is C21H17NO5. The Labute approximate surface area is 156 Å². The van der Waals surface area contributed by atoms with Crippen LogP contribution in [0.3, 0.4) is 0 Å². The van der Waals surface area contributed by atoms with Gasteiger partial charge in [-0.25, -0.2) is 9.59 Å². The van der Waals surface area contributed by atoms with Crippen molar-refractivity contribution in [2.45, 2.75) is 26.2 Å². The molecule has 6 nitrogen and oxygen atoms in total. The van der Waals surface area contributed by atoms with Gasteiger partial charge in [-0.1, -0.05) is 48.5 Å². The maximum atomic E-state index is 13.2. The van der Waals surface area contributed by atoms with E-state index >= 15 is 0 Å². The second-order valence-corrected chi connectivity index (χ2v) is 6.82. The number of carbonyl (C=O) groups excluding carboxylic acids is 3. The third kappa shape index (κ3) is 2.89. The summed E-state index contributed by atoms with van der Waals surface area (Å²) in [6, 6.07) is 16.5. The van der Waals surface area contributed by atoms with Gasteiger partial charge in [0.1, 0.15) is 0 Å². The molecule has 2 aromatic carbocycles. The van der Waals surface area contributed by atoms with Crippen LogP contribution in [0.25, 0.3) is 5.57 Å². The Morgan fingerprint density at radius 1 is 0.815 bits per heavy atom. The number of amides is 1. The number of rotatable bonds is 2. The molecule has 0 bridgehead atoms. The van der Waals surface area contributed by atoms with Crippen molar-refractivity contribution in [3.05, 3.63) is 71.3 Å². The van der Waals surface area contributed by atoms with Gasteiger partial charge in [-0.05, 0) is 11.6 Å². The number of para-hydroxylation sites is 1. The highest BCUT2D eigenvalue weighted by atomic mass is 16.7. The van der Waals surface area contributed by atoms with E-state index in [1.54, 1.807) is 29.2 Å². The molecule has 0 aliphatic carbocycles. The summed E-state index contributed by atoms with van der Waals surface area (Å²) < 4.78 is 10.4. The minimum absolute atomic E-state index is 0.0204.